The molecule has 0 radical (unpaired) electrons. The Hall–Kier alpha value is -2.95. The normalized spacial score (nSPS) is 26.2. The van der Waals surface area contributed by atoms with Crippen LogP contribution in [0.4, 0.5) is 30.7 Å². The molecule has 0 aliphatic carbocycles. The van der Waals surface area contributed by atoms with E-state index < -0.39 is 47.7 Å². The number of quaternary nitrogens is 1. The minimum atomic E-state index is -4.97. The lowest BCUT2D eigenvalue weighted by molar-refractivity contribution is -0.997. The van der Waals surface area contributed by atoms with Gasteiger partial charge in [-0.05, 0) is 48.0 Å². The predicted octanol–water partition coefficient (Wildman–Crippen LogP) is 7.05. The van der Waals surface area contributed by atoms with Crippen molar-refractivity contribution in [3.05, 3.63) is 106 Å². The number of halogens is 7. The number of fused-ring (bicyclic) bond motifs is 2. The highest BCUT2D eigenvalue weighted by Gasteiger charge is 2.54. The van der Waals surface area contributed by atoms with Gasteiger partial charge in [-0.15, -0.1) is 0 Å². The van der Waals surface area contributed by atoms with E-state index in [9.17, 15) is 30.7 Å². The average molecular weight is 526 g/mol. The molecule has 0 aromatic heterocycles. The summed E-state index contributed by atoms with van der Waals surface area (Å²) < 4.78 is 107. The molecule has 4 atom stereocenters. The highest BCUT2D eigenvalue weighted by Crippen LogP contribution is 2.48. The Bertz CT molecular complexity index is 1210. The van der Waals surface area contributed by atoms with Crippen LogP contribution in [0.3, 0.4) is 0 Å². The molecule has 3 unspecified atom stereocenters. The van der Waals surface area contributed by atoms with Gasteiger partial charge in [-0.1, -0.05) is 30.3 Å². The van der Waals surface area contributed by atoms with E-state index in [2.05, 4.69) is 0 Å². The zero-order valence-corrected chi connectivity index (χ0v) is 19.4. The van der Waals surface area contributed by atoms with E-state index in [1.54, 1.807) is 12.1 Å². The molecule has 2 bridgehead atoms. The summed E-state index contributed by atoms with van der Waals surface area (Å²) in [6, 6.07) is 16.3. The van der Waals surface area contributed by atoms with Crippen LogP contribution in [0.2, 0.25) is 0 Å². The highest BCUT2D eigenvalue weighted by molar-refractivity contribution is 5.35. The van der Waals surface area contributed by atoms with Gasteiger partial charge in [-0.3, -0.25) is 0 Å². The summed E-state index contributed by atoms with van der Waals surface area (Å²) in [6.07, 6.45) is -12.0. The molecule has 2 heterocycles. The molecule has 3 aromatic carbocycles. The Morgan fingerprint density at radius 2 is 1.41 bits per heavy atom. The molecule has 5 rings (SSSR count). The summed E-state index contributed by atoms with van der Waals surface area (Å²) in [7, 11) is 0. The molecule has 10 heteroatoms. The van der Waals surface area contributed by atoms with E-state index in [0.717, 1.165) is 5.56 Å². The number of benzene rings is 3. The predicted molar refractivity (Wildman–Crippen MR) is 119 cm³/mol. The monoisotopic (exact) mass is 526 g/mol. The van der Waals surface area contributed by atoms with Crippen molar-refractivity contribution in [2.75, 3.05) is 19.7 Å². The molecule has 2 aliphatic rings. The van der Waals surface area contributed by atoms with Gasteiger partial charge in [0.25, 0.3) is 0 Å². The fraction of sp³-hybridized carbons (Fsp3) is 0.333. The average Bonchev–Trinajstić information content (AvgIpc) is 2.83. The number of alkyl halides is 6. The van der Waals surface area contributed by atoms with Crippen LogP contribution < -0.4 is 0 Å². The maximum atomic E-state index is 13.7. The van der Waals surface area contributed by atoms with Crippen molar-refractivity contribution in [2.24, 2.45) is 0 Å². The molecule has 2 aliphatic heterocycles. The minimum Gasteiger partial charge on any atom is -0.341 e. The summed E-state index contributed by atoms with van der Waals surface area (Å²) in [6.45, 7) is 1.28. The number of morpholine rings is 2. The van der Waals surface area contributed by atoms with E-state index in [4.69, 9.17) is 9.47 Å². The first-order valence-corrected chi connectivity index (χ1v) is 11.7. The van der Waals surface area contributed by atoms with Gasteiger partial charge in [0.1, 0.15) is 31.6 Å². The minimum absolute atomic E-state index is 0.107. The second kappa shape index (κ2) is 9.41. The smallest absolute Gasteiger partial charge is 0.341 e. The number of nitrogens with zero attached hydrogens (tertiary/aromatic N) is 1. The second-order valence-electron chi connectivity index (χ2n) is 9.47. The van der Waals surface area contributed by atoms with E-state index in [0.29, 0.717) is 30.8 Å². The molecular formula is C27H23F7NO2+. The van der Waals surface area contributed by atoms with Crippen molar-refractivity contribution in [2.45, 2.75) is 37.3 Å². The molecule has 3 aromatic rings. The highest BCUT2D eigenvalue weighted by atomic mass is 19.4. The van der Waals surface area contributed by atoms with Gasteiger partial charge in [-0.25, -0.2) is 4.39 Å². The molecule has 3 nitrogen and oxygen atoms in total. The van der Waals surface area contributed by atoms with Crippen molar-refractivity contribution in [3.8, 4) is 0 Å². The van der Waals surface area contributed by atoms with Crippen LogP contribution in [-0.4, -0.2) is 30.5 Å². The zero-order valence-electron chi connectivity index (χ0n) is 19.4. The third kappa shape index (κ3) is 5.23. The van der Waals surface area contributed by atoms with Crippen molar-refractivity contribution in [3.63, 3.8) is 0 Å². The first kappa shape index (κ1) is 25.7. The maximum Gasteiger partial charge on any atom is 0.416 e. The quantitative estimate of drug-likeness (QED) is 0.268. The Morgan fingerprint density at radius 3 is 2.00 bits per heavy atom. The summed E-state index contributed by atoms with van der Waals surface area (Å²) >= 11 is 0. The SMILES string of the molecule is Fc1ccc([C@H]2C3OCC[N+]2(Cc2ccccc2)CC(c2cc(C(F)(F)F)cc(C(F)(F)F)c2)O3)cc1. The van der Waals surface area contributed by atoms with Crippen molar-refractivity contribution >= 4 is 0 Å². The number of hydrogen-bond acceptors (Lipinski definition) is 2. The molecule has 0 amide bonds. The third-order valence-electron chi connectivity index (χ3n) is 7.03. The summed E-state index contributed by atoms with van der Waals surface area (Å²) in [5, 5.41) is 0. The first-order chi connectivity index (χ1) is 17.4. The fourth-order valence-electron chi connectivity index (χ4n) is 5.36. The van der Waals surface area contributed by atoms with E-state index >= 15 is 0 Å². The van der Waals surface area contributed by atoms with Gasteiger partial charge in [0.05, 0.1) is 17.7 Å². The molecule has 2 saturated heterocycles. The second-order valence-corrected chi connectivity index (χ2v) is 9.47. The number of ether oxygens (including phenoxy) is 2. The lowest BCUT2D eigenvalue weighted by Crippen LogP contribution is -2.65. The van der Waals surface area contributed by atoms with Crippen molar-refractivity contribution in [1.29, 1.82) is 0 Å². The summed E-state index contributed by atoms with van der Waals surface area (Å²) in [4.78, 5) is 0. The maximum absolute atomic E-state index is 13.7. The van der Waals surface area contributed by atoms with Crippen LogP contribution in [0, 0.1) is 5.82 Å². The zero-order chi connectivity index (χ0) is 26.4. The van der Waals surface area contributed by atoms with Gasteiger partial charge in [0, 0.05) is 11.1 Å². The molecule has 0 N–H and O–H groups in total. The molecule has 196 valence electrons. The first-order valence-electron chi connectivity index (χ1n) is 11.7. The molecule has 0 saturated carbocycles. The van der Waals surface area contributed by atoms with Gasteiger partial charge < -0.3 is 14.0 Å². The summed E-state index contributed by atoms with van der Waals surface area (Å²) in [5.74, 6) is -0.433. The van der Waals surface area contributed by atoms with Crippen molar-refractivity contribution in [1.82, 2.24) is 0 Å². The van der Waals surface area contributed by atoms with Gasteiger partial charge in [0.2, 0.25) is 6.29 Å². The molecule has 2 fully saturated rings. The summed E-state index contributed by atoms with van der Waals surface area (Å²) in [5.41, 5.74) is -1.35. The van der Waals surface area contributed by atoms with Crippen LogP contribution in [0.25, 0.3) is 0 Å². The molecule has 0 spiro atoms. The van der Waals surface area contributed by atoms with E-state index in [1.165, 1.54) is 12.1 Å². The molecule has 37 heavy (non-hydrogen) atoms. The van der Waals surface area contributed by atoms with Crippen molar-refractivity contribution < 1.29 is 44.7 Å². The lowest BCUT2D eigenvalue weighted by Gasteiger charge is -2.55. The Balaban J connectivity index is 1.60. The standard InChI is InChI=1S/C27H23F7NO2/c28-22-8-6-18(7-9-22)24-25-36-11-10-35(24,15-17-4-2-1-3-5-17)16-23(37-25)19-12-20(26(29,30)31)14-21(13-19)27(32,33)34/h1-9,12-14,23-25H,10-11,15-16H2/q+1/t23?,24-,25?,35?/m0/s1. The lowest BCUT2D eigenvalue weighted by atomic mass is 9.92. The Kier molecular flexibility index (Phi) is 6.54. The third-order valence-corrected chi connectivity index (χ3v) is 7.03. The number of hydrogen-bond donors (Lipinski definition) is 0. The van der Waals surface area contributed by atoms with Crippen LogP contribution in [0.5, 0.6) is 0 Å². The van der Waals surface area contributed by atoms with Gasteiger partial charge in [0.15, 0.2) is 6.04 Å². The largest absolute Gasteiger partial charge is 0.416 e. The fourth-order valence-corrected chi connectivity index (χ4v) is 5.36. The van der Waals surface area contributed by atoms with Gasteiger partial charge >= 0.3 is 12.4 Å². The molecular weight excluding hydrogens is 503 g/mol. The van der Waals surface area contributed by atoms with Crippen LogP contribution in [0.15, 0.2) is 72.8 Å². The number of rotatable bonds is 4. The van der Waals surface area contributed by atoms with Crippen LogP contribution >= 0.6 is 0 Å². The van der Waals surface area contributed by atoms with E-state index in [-0.39, 0.29) is 29.3 Å². The van der Waals surface area contributed by atoms with Gasteiger partial charge in [-0.2, -0.15) is 26.3 Å². The topological polar surface area (TPSA) is 18.5 Å². The van der Waals surface area contributed by atoms with Crippen LogP contribution in [-0.2, 0) is 28.4 Å². The Morgan fingerprint density at radius 1 is 0.784 bits per heavy atom. The van der Waals surface area contributed by atoms with E-state index in [1.807, 2.05) is 30.3 Å². The Labute approximate surface area is 208 Å². The van der Waals surface area contributed by atoms with Crippen LogP contribution in [0.1, 0.15) is 40.0 Å².